The molecule has 3 rings (SSSR count). The summed E-state index contributed by atoms with van der Waals surface area (Å²) in [7, 11) is 0. The Kier molecular flexibility index (Phi) is 3.93. The number of amides is 2. The normalized spacial score (nSPS) is 30.6. The molecule has 2 saturated carbocycles. The Bertz CT molecular complexity index is 526. The van der Waals surface area contributed by atoms with E-state index in [1.165, 1.54) is 12.8 Å². The number of urea groups is 1. The van der Waals surface area contributed by atoms with Gasteiger partial charge >= 0.3 is 6.03 Å². The average molecular weight is 292 g/mol. The summed E-state index contributed by atoms with van der Waals surface area (Å²) in [5, 5.41) is 15.5. The Morgan fingerprint density at radius 1 is 1.38 bits per heavy atom. The van der Waals surface area contributed by atoms with Crippen molar-refractivity contribution in [2.75, 3.05) is 6.61 Å². The van der Waals surface area contributed by atoms with E-state index in [4.69, 9.17) is 4.42 Å². The Morgan fingerprint density at radius 3 is 2.81 bits per heavy atom. The van der Waals surface area contributed by atoms with Crippen LogP contribution in [0.25, 0.3) is 0 Å². The number of hydrogen-bond donors (Lipinski definition) is 3. The summed E-state index contributed by atoms with van der Waals surface area (Å²) in [5.41, 5.74) is 1.01. The van der Waals surface area contributed by atoms with Crippen molar-refractivity contribution in [2.24, 2.45) is 17.8 Å². The molecule has 4 atom stereocenters. The summed E-state index contributed by atoms with van der Waals surface area (Å²) in [6.45, 7) is 4.45. The van der Waals surface area contributed by atoms with Crippen molar-refractivity contribution >= 4 is 6.03 Å². The molecule has 0 radical (unpaired) electrons. The maximum Gasteiger partial charge on any atom is 0.315 e. The molecule has 2 bridgehead atoms. The lowest BCUT2D eigenvalue weighted by atomic mass is 9.85. The van der Waals surface area contributed by atoms with Crippen LogP contribution in [0.2, 0.25) is 0 Å². The highest BCUT2D eigenvalue weighted by molar-refractivity contribution is 5.74. The van der Waals surface area contributed by atoms with Gasteiger partial charge in [-0.25, -0.2) is 4.79 Å². The van der Waals surface area contributed by atoms with E-state index in [-0.39, 0.29) is 24.6 Å². The first-order valence-corrected chi connectivity index (χ1v) is 7.79. The van der Waals surface area contributed by atoms with Crippen molar-refractivity contribution in [1.29, 1.82) is 0 Å². The number of aliphatic hydroxyl groups excluding tert-OH is 1. The lowest BCUT2D eigenvalue weighted by Gasteiger charge is -2.30. The summed E-state index contributed by atoms with van der Waals surface area (Å²) in [6.07, 6.45) is 3.52. The van der Waals surface area contributed by atoms with Gasteiger partial charge in [0.2, 0.25) is 0 Å². The van der Waals surface area contributed by atoms with Gasteiger partial charge in [0.1, 0.15) is 11.5 Å². The standard InChI is InChI=1S/C16H24N2O3/c1-9-5-13(10(2)21-9)7-17-16(20)18-15-12-4-3-11(6-12)14(15)8-19/h5,11-12,14-15,19H,3-4,6-8H2,1-2H3,(H2,17,18,20). The van der Waals surface area contributed by atoms with Gasteiger partial charge in [-0.05, 0) is 51.0 Å². The molecule has 116 valence electrons. The van der Waals surface area contributed by atoms with Crippen LogP contribution in [0.3, 0.4) is 0 Å². The van der Waals surface area contributed by atoms with E-state index in [0.717, 1.165) is 23.5 Å². The molecule has 2 aliphatic carbocycles. The van der Waals surface area contributed by atoms with E-state index in [0.29, 0.717) is 18.4 Å². The highest BCUT2D eigenvalue weighted by atomic mass is 16.3. The van der Waals surface area contributed by atoms with Crippen LogP contribution in [0, 0.1) is 31.6 Å². The zero-order chi connectivity index (χ0) is 15.0. The summed E-state index contributed by atoms with van der Waals surface area (Å²) >= 11 is 0. The molecule has 0 aliphatic heterocycles. The number of nitrogens with one attached hydrogen (secondary N) is 2. The highest BCUT2D eigenvalue weighted by Gasteiger charge is 2.47. The predicted molar refractivity (Wildman–Crippen MR) is 78.7 cm³/mol. The summed E-state index contributed by atoms with van der Waals surface area (Å²) in [6, 6.07) is 1.93. The summed E-state index contributed by atoms with van der Waals surface area (Å²) in [5.74, 6) is 3.06. The van der Waals surface area contributed by atoms with Crippen molar-refractivity contribution in [3.8, 4) is 0 Å². The maximum absolute atomic E-state index is 12.1. The van der Waals surface area contributed by atoms with Crippen LogP contribution in [0.4, 0.5) is 4.79 Å². The van der Waals surface area contributed by atoms with E-state index in [1.54, 1.807) is 0 Å². The zero-order valence-corrected chi connectivity index (χ0v) is 12.7. The van der Waals surface area contributed by atoms with E-state index in [2.05, 4.69) is 10.6 Å². The van der Waals surface area contributed by atoms with Crippen LogP contribution in [-0.4, -0.2) is 23.8 Å². The Balaban J connectivity index is 1.53. The smallest absolute Gasteiger partial charge is 0.315 e. The van der Waals surface area contributed by atoms with Gasteiger partial charge in [-0.15, -0.1) is 0 Å². The molecule has 4 unspecified atom stereocenters. The number of furan rings is 1. The number of carbonyl (C=O) groups excluding carboxylic acids is 1. The van der Waals surface area contributed by atoms with Crippen molar-refractivity contribution < 1.29 is 14.3 Å². The third-order valence-corrected chi connectivity index (χ3v) is 5.18. The van der Waals surface area contributed by atoms with E-state index < -0.39 is 0 Å². The number of fused-ring (bicyclic) bond motifs is 2. The van der Waals surface area contributed by atoms with Gasteiger partial charge in [0.25, 0.3) is 0 Å². The molecule has 0 aromatic carbocycles. The van der Waals surface area contributed by atoms with Crippen LogP contribution >= 0.6 is 0 Å². The Hall–Kier alpha value is -1.49. The largest absolute Gasteiger partial charge is 0.466 e. The minimum Gasteiger partial charge on any atom is -0.466 e. The van der Waals surface area contributed by atoms with Gasteiger partial charge in [-0.1, -0.05) is 0 Å². The lowest BCUT2D eigenvalue weighted by Crippen LogP contribution is -2.48. The zero-order valence-electron chi connectivity index (χ0n) is 12.7. The fourth-order valence-corrected chi connectivity index (χ4v) is 4.13. The summed E-state index contributed by atoms with van der Waals surface area (Å²) in [4.78, 5) is 12.1. The third kappa shape index (κ3) is 2.79. The molecular formula is C16H24N2O3. The SMILES string of the molecule is Cc1cc(CNC(=O)NC2C3CCC(C3)C2CO)c(C)o1. The van der Waals surface area contributed by atoms with Crippen LogP contribution in [0.5, 0.6) is 0 Å². The Morgan fingerprint density at radius 2 is 2.14 bits per heavy atom. The fourth-order valence-electron chi connectivity index (χ4n) is 4.13. The van der Waals surface area contributed by atoms with Crippen molar-refractivity contribution in [2.45, 2.75) is 45.7 Å². The molecular weight excluding hydrogens is 268 g/mol. The van der Waals surface area contributed by atoms with Gasteiger partial charge < -0.3 is 20.2 Å². The second-order valence-corrected chi connectivity index (χ2v) is 6.47. The van der Waals surface area contributed by atoms with Crippen LogP contribution in [0.1, 0.15) is 36.3 Å². The molecule has 3 N–H and O–H groups in total. The topological polar surface area (TPSA) is 74.5 Å². The van der Waals surface area contributed by atoms with E-state index in [1.807, 2.05) is 19.9 Å². The number of aliphatic hydroxyl groups is 1. The van der Waals surface area contributed by atoms with Gasteiger partial charge in [-0.2, -0.15) is 0 Å². The Labute approximate surface area is 125 Å². The van der Waals surface area contributed by atoms with Crippen LogP contribution in [0.15, 0.2) is 10.5 Å². The number of hydrogen-bond acceptors (Lipinski definition) is 3. The molecule has 5 heteroatoms. The first kappa shape index (κ1) is 14.4. The van der Waals surface area contributed by atoms with Gasteiger partial charge in [0.15, 0.2) is 0 Å². The number of carbonyl (C=O) groups is 1. The maximum atomic E-state index is 12.1. The molecule has 0 spiro atoms. The van der Waals surface area contributed by atoms with Gasteiger partial charge in [0.05, 0.1) is 0 Å². The second kappa shape index (κ2) is 5.72. The molecule has 2 amide bonds. The lowest BCUT2D eigenvalue weighted by molar-refractivity contribution is 0.144. The van der Waals surface area contributed by atoms with Crippen molar-refractivity contribution in [1.82, 2.24) is 10.6 Å². The molecule has 1 aromatic heterocycles. The van der Waals surface area contributed by atoms with Crippen LogP contribution < -0.4 is 10.6 Å². The molecule has 1 aromatic rings. The predicted octanol–water partition coefficient (Wildman–Crippen LogP) is 2.10. The quantitative estimate of drug-likeness (QED) is 0.795. The highest BCUT2D eigenvalue weighted by Crippen LogP contribution is 2.48. The third-order valence-electron chi connectivity index (χ3n) is 5.18. The number of aryl methyl sites for hydroxylation is 2. The molecule has 21 heavy (non-hydrogen) atoms. The van der Waals surface area contributed by atoms with Crippen molar-refractivity contribution in [3.05, 3.63) is 23.2 Å². The molecule has 1 heterocycles. The molecule has 2 fully saturated rings. The minimum atomic E-state index is -0.149. The van der Waals surface area contributed by atoms with E-state index >= 15 is 0 Å². The fraction of sp³-hybridized carbons (Fsp3) is 0.688. The number of rotatable bonds is 4. The van der Waals surface area contributed by atoms with Crippen molar-refractivity contribution in [3.63, 3.8) is 0 Å². The second-order valence-electron chi connectivity index (χ2n) is 6.47. The minimum absolute atomic E-state index is 0.126. The summed E-state index contributed by atoms with van der Waals surface area (Å²) < 4.78 is 5.45. The van der Waals surface area contributed by atoms with Gasteiger partial charge in [-0.3, -0.25) is 0 Å². The van der Waals surface area contributed by atoms with Gasteiger partial charge in [0, 0.05) is 30.7 Å². The van der Waals surface area contributed by atoms with Crippen LogP contribution in [-0.2, 0) is 6.54 Å². The molecule has 2 aliphatic rings. The average Bonchev–Trinajstić information content (AvgIpc) is 3.11. The monoisotopic (exact) mass is 292 g/mol. The first-order valence-electron chi connectivity index (χ1n) is 7.79. The molecule has 0 saturated heterocycles. The first-order chi connectivity index (χ1) is 10.1. The van der Waals surface area contributed by atoms with E-state index in [9.17, 15) is 9.90 Å². The molecule has 5 nitrogen and oxygen atoms in total.